The smallest absolute Gasteiger partial charge is 0.256 e. The Morgan fingerprint density at radius 1 is 1.24 bits per heavy atom. The second kappa shape index (κ2) is 7.05. The maximum absolute atomic E-state index is 13.9. The summed E-state index contributed by atoms with van der Waals surface area (Å²) >= 11 is 0. The van der Waals surface area contributed by atoms with Crippen molar-refractivity contribution in [1.29, 1.82) is 0 Å². The number of amides is 2. The van der Waals surface area contributed by atoms with E-state index in [0.717, 1.165) is 6.07 Å². The van der Waals surface area contributed by atoms with Crippen LogP contribution in [0, 0.1) is 11.6 Å². The lowest BCUT2D eigenvalue weighted by atomic mass is 9.90. The van der Waals surface area contributed by atoms with Gasteiger partial charge in [0.05, 0.1) is 6.54 Å². The minimum atomic E-state index is -1.61. The number of β-amino-alcohol motifs (C(OH)–C–C–N with tert-alkyl or cyclic N) is 1. The first kappa shape index (κ1) is 17.8. The monoisotopic (exact) mass is 353 g/mol. The first-order valence-electron chi connectivity index (χ1n) is 8.33. The molecule has 0 radical (unpaired) electrons. The fourth-order valence-electron chi connectivity index (χ4n) is 3.44. The van der Waals surface area contributed by atoms with Gasteiger partial charge in [-0.05, 0) is 18.9 Å². The number of likely N-dealkylation sites (tertiary alicyclic amines) is 1. The maximum atomic E-state index is 13.9. The highest BCUT2D eigenvalue weighted by molar-refractivity contribution is 5.86. The van der Waals surface area contributed by atoms with E-state index in [2.05, 4.69) is 5.32 Å². The van der Waals surface area contributed by atoms with Crippen molar-refractivity contribution in [3.05, 3.63) is 35.4 Å². The van der Waals surface area contributed by atoms with Crippen molar-refractivity contribution < 1.29 is 23.5 Å². The van der Waals surface area contributed by atoms with Crippen LogP contribution in [-0.4, -0.2) is 65.0 Å². The minimum absolute atomic E-state index is 0.0569. The van der Waals surface area contributed by atoms with Gasteiger partial charge in [0, 0.05) is 38.3 Å². The number of piperazine rings is 1. The van der Waals surface area contributed by atoms with Crippen molar-refractivity contribution in [2.24, 2.45) is 0 Å². The first-order valence-corrected chi connectivity index (χ1v) is 8.33. The van der Waals surface area contributed by atoms with Gasteiger partial charge in [0.2, 0.25) is 5.91 Å². The number of rotatable bonds is 4. The van der Waals surface area contributed by atoms with Gasteiger partial charge in [-0.2, -0.15) is 0 Å². The van der Waals surface area contributed by atoms with E-state index in [1.165, 1.54) is 17.0 Å². The normalized spacial score (nSPS) is 25.2. The lowest BCUT2D eigenvalue weighted by Gasteiger charge is -2.41. The molecule has 2 N–H and O–H groups in total. The van der Waals surface area contributed by atoms with Gasteiger partial charge >= 0.3 is 0 Å². The van der Waals surface area contributed by atoms with E-state index in [9.17, 15) is 23.5 Å². The molecule has 136 valence electrons. The fraction of sp³-hybridized carbons (Fsp3) is 0.529. The number of benzene rings is 1. The quantitative estimate of drug-likeness (QED) is 0.814. The Kier molecular flexibility index (Phi) is 5.01. The molecular formula is C17H21F2N3O3. The average molecular weight is 353 g/mol. The number of aliphatic hydroxyl groups is 1. The third kappa shape index (κ3) is 3.80. The molecule has 0 spiro atoms. The molecule has 1 aromatic rings. The number of piperidine rings is 1. The summed E-state index contributed by atoms with van der Waals surface area (Å²) in [4.78, 5) is 27.3. The molecule has 2 amide bonds. The third-order valence-corrected chi connectivity index (χ3v) is 4.70. The van der Waals surface area contributed by atoms with Crippen molar-refractivity contribution in [2.45, 2.75) is 25.0 Å². The molecule has 1 aromatic carbocycles. The number of carbonyl (C=O) groups is 2. The molecule has 0 aliphatic carbocycles. The Hall–Kier alpha value is -2.06. The third-order valence-electron chi connectivity index (χ3n) is 4.70. The molecule has 2 fully saturated rings. The summed E-state index contributed by atoms with van der Waals surface area (Å²) in [6.45, 7) is 1.50. The Bertz CT molecular complexity index is 685. The zero-order chi connectivity index (χ0) is 18.0. The summed E-state index contributed by atoms with van der Waals surface area (Å²) in [6, 6.07) is 3.84. The highest BCUT2D eigenvalue weighted by Crippen LogP contribution is 2.26. The van der Waals surface area contributed by atoms with Crippen LogP contribution in [0.1, 0.15) is 18.4 Å². The molecule has 1 unspecified atom stereocenters. The Balaban J connectivity index is 1.71. The lowest BCUT2D eigenvalue weighted by Crippen LogP contribution is -2.60. The molecule has 8 heteroatoms. The second-order valence-electron chi connectivity index (χ2n) is 6.64. The predicted molar refractivity (Wildman–Crippen MR) is 85.4 cm³/mol. The van der Waals surface area contributed by atoms with Gasteiger partial charge in [0.15, 0.2) is 17.2 Å². The molecule has 25 heavy (non-hydrogen) atoms. The number of carbonyl (C=O) groups excluding carboxylic acids is 2. The van der Waals surface area contributed by atoms with E-state index in [1.54, 1.807) is 4.90 Å². The summed E-state index contributed by atoms with van der Waals surface area (Å²) < 4.78 is 27.2. The van der Waals surface area contributed by atoms with E-state index in [-0.39, 0.29) is 37.5 Å². The number of hydrogen-bond acceptors (Lipinski definition) is 4. The molecule has 0 aromatic heterocycles. The average Bonchev–Trinajstić information content (AvgIpc) is 2.56. The van der Waals surface area contributed by atoms with Crippen molar-refractivity contribution in [2.75, 3.05) is 32.7 Å². The molecule has 6 nitrogen and oxygen atoms in total. The van der Waals surface area contributed by atoms with E-state index in [0.29, 0.717) is 26.1 Å². The summed E-state index contributed by atoms with van der Waals surface area (Å²) in [5, 5.41) is 13.5. The molecule has 2 heterocycles. The van der Waals surface area contributed by atoms with Gasteiger partial charge in [-0.3, -0.25) is 14.5 Å². The van der Waals surface area contributed by atoms with E-state index < -0.39 is 23.1 Å². The van der Waals surface area contributed by atoms with Crippen molar-refractivity contribution in [3.8, 4) is 0 Å². The standard InChI is InChI=1S/C17H21F2N3O3/c18-13-4-1-3-12(15(13)19)9-22-7-2-5-17(25,16(22)24)11-21-8-6-20-14(23)10-21/h1,3-4,25H,2,5-11H2,(H,20,23). The Morgan fingerprint density at radius 2 is 2.04 bits per heavy atom. The van der Waals surface area contributed by atoms with Gasteiger partial charge in [-0.15, -0.1) is 0 Å². The van der Waals surface area contributed by atoms with Gasteiger partial charge in [0.25, 0.3) is 5.91 Å². The van der Waals surface area contributed by atoms with Crippen molar-refractivity contribution >= 4 is 11.8 Å². The lowest BCUT2D eigenvalue weighted by molar-refractivity contribution is -0.161. The number of nitrogens with zero attached hydrogens (tertiary/aromatic N) is 2. The molecule has 0 saturated carbocycles. The van der Waals surface area contributed by atoms with Crippen LogP contribution in [0.25, 0.3) is 0 Å². The minimum Gasteiger partial charge on any atom is -0.379 e. The van der Waals surface area contributed by atoms with Crippen molar-refractivity contribution in [1.82, 2.24) is 15.1 Å². The first-order chi connectivity index (χ1) is 11.9. The van der Waals surface area contributed by atoms with Crippen LogP contribution in [0.3, 0.4) is 0 Å². The van der Waals surface area contributed by atoms with Crippen LogP contribution in [0.15, 0.2) is 18.2 Å². The molecule has 2 aliphatic rings. The van der Waals surface area contributed by atoms with Gasteiger partial charge < -0.3 is 15.3 Å². The van der Waals surface area contributed by atoms with Crippen molar-refractivity contribution in [3.63, 3.8) is 0 Å². The highest BCUT2D eigenvalue weighted by atomic mass is 19.2. The molecule has 1 atom stereocenters. The van der Waals surface area contributed by atoms with E-state index >= 15 is 0 Å². The van der Waals surface area contributed by atoms with E-state index in [4.69, 9.17) is 0 Å². The van der Waals surface area contributed by atoms with Gasteiger partial charge in [0.1, 0.15) is 0 Å². The van der Waals surface area contributed by atoms with Crippen LogP contribution in [0.4, 0.5) is 8.78 Å². The Morgan fingerprint density at radius 3 is 2.80 bits per heavy atom. The number of nitrogens with one attached hydrogen (secondary N) is 1. The number of hydrogen-bond donors (Lipinski definition) is 2. The largest absolute Gasteiger partial charge is 0.379 e. The molecule has 2 aliphatic heterocycles. The zero-order valence-electron chi connectivity index (χ0n) is 13.8. The van der Waals surface area contributed by atoms with Crippen LogP contribution < -0.4 is 5.32 Å². The summed E-state index contributed by atoms with van der Waals surface area (Å²) in [6.07, 6.45) is 0.839. The second-order valence-corrected chi connectivity index (χ2v) is 6.64. The van der Waals surface area contributed by atoms with E-state index in [1.807, 2.05) is 0 Å². The summed E-state index contributed by atoms with van der Waals surface area (Å²) in [7, 11) is 0. The van der Waals surface area contributed by atoms with Gasteiger partial charge in [-0.25, -0.2) is 8.78 Å². The number of halogens is 2. The topological polar surface area (TPSA) is 72.9 Å². The summed E-state index contributed by atoms with van der Waals surface area (Å²) in [5.41, 5.74) is -1.53. The molecular weight excluding hydrogens is 332 g/mol. The van der Waals surface area contributed by atoms with Gasteiger partial charge in [-0.1, -0.05) is 12.1 Å². The van der Waals surface area contributed by atoms with Crippen LogP contribution >= 0.6 is 0 Å². The summed E-state index contributed by atoms with van der Waals surface area (Å²) in [5.74, 6) is -2.58. The maximum Gasteiger partial charge on any atom is 0.256 e. The SMILES string of the molecule is O=C1CN(CC2(O)CCCN(Cc3cccc(F)c3F)C2=O)CCN1. The highest BCUT2D eigenvalue weighted by Gasteiger charge is 2.44. The van der Waals surface area contributed by atoms with Crippen LogP contribution in [-0.2, 0) is 16.1 Å². The predicted octanol–water partition coefficient (Wildman–Crippen LogP) is 0.250. The Labute approximate surface area is 144 Å². The molecule has 0 bridgehead atoms. The molecule has 2 saturated heterocycles. The zero-order valence-corrected chi connectivity index (χ0v) is 13.8. The van der Waals surface area contributed by atoms with Crippen LogP contribution in [0.5, 0.6) is 0 Å². The fourth-order valence-corrected chi connectivity index (χ4v) is 3.44. The molecule has 3 rings (SSSR count). The van der Waals surface area contributed by atoms with Crippen LogP contribution in [0.2, 0.25) is 0 Å².